The van der Waals surface area contributed by atoms with Crippen molar-refractivity contribution in [1.82, 2.24) is 5.32 Å². The van der Waals surface area contributed by atoms with Crippen molar-refractivity contribution in [3.8, 4) is 5.75 Å². The highest BCUT2D eigenvalue weighted by Gasteiger charge is 2.09. The average molecular weight is 291 g/mol. The maximum atomic E-state index is 5.70. The Labute approximate surface area is 131 Å². The number of ether oxygens (including phenoxy) is 1. The van der Waals surface area contributed by atoms with E-state index in [2.05, 4.69) is 44.3 Å². The van der Waals surface area contributed by atoms with Gasteiger partial charge in [-0.1, -0.05) is 57.7 Å². The first-order valence-electron chi connectivity index (χ1n) is 8.60. The summed E-state index contributed by atoms with van der Waals surface area (Å²) in [4.78, 5) is 0. The van der Waals surface area contributed by atoms with E-state index < -0.39 is 0 Å². The van der Waals surface area contributed by atoms with Crippen LogP contribution in [0.3, 0.4) is 0 Å². The van der Waals surface area contributed by atoms with Crippen molar-refractivity contribution in [2.24, 2.45) is 5.92 Å². The summed E-state index contributed by atoms with van der Waals surface area (Å²) in [5, 5.41) is 3.62. The molecular weight excluding hydrogens is 258 g/mol. The molecule has 0 saturated heterocycles. The van der Waals surface area contributed by atoms with Gasteiger partial charge in [0.15, 0.2) is 0 Å². The van der Waals surface area contributed by atoms with E-state index in [4.69, 9.17) is 4.74 Å². The third-order valence-corrected chi connectivity index (χ3v) is 3.84. The molecule has 0 aliphatic heterocycles. The molecule has 0 amide bonds. The third kappa shape index (κ3) is 7.52. The third-order valence-electron chi connectivity index (χ3n) is 3.84. The van der Waals surface area contributed by atoms with Crippen molar-refractivity contribution < 1.29 is 4.74 Å². The van der Waals surface area contributed by atoms with Crippen molar-refractivity contribution in [3.05, 3.63) is 29.8 Å². The fraction of sp³-hybridized carbons (Fsp3) is 0.684. The van der Waals surface area contributed by atoms with Crippen molar-refractivity contribution in [3.63, 3.8) is 0 Å². The van der Waals surface area contributed by atoms with Crippen LogP contribution < -0.4 is 10.1 Å². The van der Waals surface area contributed by atoms with E-state index in [1.54, 1.807) is 0 Å². The fourth-order valence-electron chi connectivity index (χ4n) is 2.58. The molecule has 1 aromatic rings. The van der Waals surface area contributed by atoms with Crippen LogP contribution in [-0.2, 0) is 0 Å². The van der Waals surface area contributed by atoms with Crippen molar-refractivity contribution in [2.45, 2.75) is 65.8 Å². The Kier molecular flexibility index (Phi) is 9.16. The maximum Gasteiger partial charge on any atom is 0.124 e. The molecule has 120 valence electrons. The normalized spacial score (nSPS) is 12.6. The minimum atomic E-state index is 0.350. The topological polar surface area (TPSA) is 21.3 Å². The SMILES string of the molecule is CCOc1ccccc1C(C)NCCCCCCC(C)C. The number of benzene rings is 1. The van der Waals surface area contributed by atoms with Crippen LogP contribution in [0, 0.1) is 5.92 Å². The quantitative estimate of drug-likeness (QED) is 0.555. The van der Waals surface area contributed by atoms with Gasteiger partial charge in [-0.3, -0.25) is 0 Å². The van der Waals surface area contributed by atoms with E-state index in [9.17, 15) is 0 Å². The van der Waals surface area contributed by atoms with Crippen LogP contribution in [0.5, 0.6) is 5.75 Å². The molecule has 0 radical (unpaired) electrons. The molecule has 1 N–H and O–H groups in total. The van der Waals surface area contributed by atoms with E-state index in [-0.39, 0.29) is 0 Å². The van der Waals surface area contributed by atoms with Gasteiger partial charge in [-0.15, -0.1) is 0 Å². The molecular formula is C19H33NO. The Bertz CT molecular complexity index is 376. The zero-order valence-electron chi connectivity index (χ0n) is 14.3. The number of hydrogen-bond donors (Lipinski definition) is 1. The lowest BCUT2D eigenvalue weighted by Gasteiger charge is -2.18. The van der Waals surface area contributed by atoms with Gasteiger partial charge in [0, 0.05) is 11.6 Å². The van der Waals surface area contributed by atoms with Gasteiger partial charge in [0.05, 0.1) is 6.61 Å². The minimum Gasteiger partial charge on any atom is -0.494 e. The molecule has 0 spiro atoms. The summed E-state index contributed by atoms with van der Waals surface area (Å²) in [7, 11) is 0. The van der Waals surface area contributed by atoms with E-state index in [0.29, 0.717) is 6.04 Å². The molecule has 21 heavy (non-hydrogen) atoms. The van der Waals surface area contributed by atoms with Gasteiger partial charge < -0.3 is 10.1 Å². The second-order valence-electron chi connectivity index (χ2n) is 6.24. The van der Waals surface area contributed by atoms with Crippen LogP contribution >= 0.6 is 0 Å². The van der Waals surface area contributed by atoms with Gasteiger partial charge >= 0.3 is 0 Å². The summed E-state index contributed by atoms with van der Waals surface area (Å²) in [6, 6.07) is 8.69. The van der Waals surface area contributed by atoms with Gasteiger partial charge in [-0.25, -0.2) is 0 Å². The van der Waals surface area contributed by atoms with Crippen molar-refractivity contribution in [1.29, 1.82) is 0 Å². The average Bonchev–Trinajstić information content (AvgIpc) is 2.46. The predicted molar refractivity (Wildman–Crippen MR) is 92.0 cm³/mol. The van der Waals surface area contributed by atoms with Crippen molar-refractivity contribution in [2.75, 3.05) is 13.2 Å². The molecule has 0 saturated carbocycles. The first-order valence-corrected chi connectivity index (χ1v) is 8.60. The van der Waals surface area contributed by atoms with E-state index in [1.807, 2.05) is 13.0 Å². The summed E-state index contributed by atoms with van der Waals surface area (Å²) in [6.07, 6.45) is 6.70. The highest BCUT2D eigenvalue weighted by atomic mass is 16.5. The first-order chi connectivity index (χ1) is 10.1. The molecule has 0 heterocycles. The molecule has 1 rings (SSSR count). The molecule has 1 atom stereocenters. The Balaban J connectivity index is 2.23. The predicted octanol–water partition coefficient (Wildman–Crippen LogP) is 5.34. The second kappa shape index (κ2) is 10.7. The van der Waals surface area contributed by atoms with Crippen LogP contribution in [0.2, 0.25) is 0 Å². The lowest BCUT2D eigenvalue weighted by atomic mass is 10.0. The minimum absolute atomic E-state index is 0.350. The van der Waals surface area contributed by atoms with E-state index >= 15 is 0 Å². The summed E-state index contributed by atoms with van der Waals surface area (Å²) in [5.41, 5.74) is 1.26. The number of hydrogen-bond acceptors (Lipinski definition) is 2. The molecule has 2 heteroatoms. The van der Waals surface area contributed by atoms with Crippen LogP contribution in [0.1, 0.15) is 71.4 Å². The summed E-state index contributed by atoms with van der Waals surface area (Å²) in [6.45, 7) is 10.7. The summed E-state index contributed by atoms with van der Waals surface area (Å²) < 4.78 is 5.70. The van der Waals surface area contributed by atoms with E-state index in [0.717, 1.165) is 24.8 Å². The maximum absolute atomic E-state index is 5.70. The second-order valence-corrected chi connectivity index (χ2v) is 6.24. The Hall–Kier alpha value is -1.02. The lowest BCUT2D eigenvalue weighted by Crippen LogP contribution is -2.20. The molecule has 0 fully saturated rings. The van der Waals surface area contributed by atoms with Gasteiger partial charge in [-0.2, -0.15) is 0 Å². The zero-order chi connectivity index (χ0) is 15.5. The Morgan fingerprint density at radius 3 is 2.43 bits per heavy atom. The zero-order valence-corrected chi connectivity index (χ0v) is 14.3. The highest BCUT2D eigenvalue weighted by molar-refractivity contribution is 5.35. The molecule has 1 unspecified atom stereocenters. The van der Waals surface area contributed by atoms with Crippen LogP contribution in [0.15, 0.2) is 24.3 Å². The lowest BCUT2D eigenvalue weighted by molar-refractivity contribution is 0.332. The summed E-state index contributed by atoms with van der Waals surface area (Å²) in [5.74, 6) is 1.86. The highest BCUT2D eigenvalue weighted by Crippen LogP contribution is 2.24. The molecule has 0 aliphatic rings. The number of nitrogens with one attached hydrogen (secondary N) is 1. The Morgan fingerprint density at radius 2 is 1.71 bits per heavy atom. The molecule has 0 aromatic heterocycles. The smallest absolute Gasteiger partial charge is 0.124 e. The molecule has 1 aromatic carbocycles. The fourth-order valence-corrected chi connectivity index (χ4v) is 2.58. The van der Waals surface area contributed by atoms with Gasteiger partial charge in [0.1, 0.15) is 5.75 Å². The number of unbranched alkanes of at least 4 members (excludes halogenated alkanes) is 3. The molecule has 0 bridgehead atoms. The van der Waals surface area contributed by atoms with Crippen LogP contribution in [-0.4, -0.2) is 13.2 Å². The van der Waals surface area contributed by atoms with Gasteiger partial charge in [0.25, 0.3) is 0 Å². The monoisotopic (exact) mass is 291 g/mol. The van der Waals surface area contributed by atoms with E-state index in [1.165, 1.54) is 37.7 Å². The largest absolute Gasteiger partial charge is 0.494 e. The summed E-state index contributed by atoms with van der Waals surface area (Å²) >= 11 is 0. The first kappa shape index (κ1) is 18.0. The van der Waals surface area contributed by atoms with Crippen LogP contribution in [0.25, 0.3) is 0 Å². The number of para-hydroxylation sites is 1. The number of rotatable bonds is 11. The van der Waals surface area contributed by atoms with Gasteiger partial charge in [-0.05, 0) is 38.8 Å². The van der Waals surface area contributed by atoms with Crippen molar-refractivity contribution >= 4 is 0 Å². The molecule has 2 nitrogen and oxygen atoms in total. The Morgan fingerprint density at radius 1 is 1.00 bits per heavy atom. The standard InChI is InChI=1S/C19H33NO/c1-5-21-19-14-10-9-13-18(19)17(4)20-15-11-7-6-8-12-16(2)3/h9-10,13-14,16-17,20H,5-8,11-12,15H2,1-4H3. The molecule has 0 aliphatic carbocycles. The van der Waals surface area contributed by atoms with Crippen LogP contribution in [0.4, 0.5) is 0 Å². The van der Waals surface area contributed by atoms with Gasteiger partial charge in [0.2, 0.25) is 0 Å².